The highest BCUT2D eigenvalue weighted by molar-refractivity contribution is 6.30. The molecule has 0 aliphatic carbocycles. The Balaban J connectivity index is 1.95. The summed E-state index contributed by atoms with van der Waals surface area (Å²) >= 11 is 6.05. The lowest BCUT2D eigenvalue weighted by molar-refractivity contribution is 0.198. The standard InChI is InChI=1S/C18H21ClN2O/c1-22-17-8-4-15(5-9-17)18(21-12-10-20-11-13-21)14-2-6-16(19)7-3-14/h2-9,18,20H,10-13H2,1H3/t18-/m1/s1. The lowest BCUT2D eigenvalue weighted by atomic mass is 9.96. The second-order valence-corrected chi connectivity index (χ2v) is 5.95. The molecule has 3 nitrogen and oxygen atoms in total. The first kappa shape index (κ1) is 15.3. The van der Waals surface area contributed by atoms with Crippen LogP contribution in [-0.2, 0) is 0 Å². The van der Waals surface area contributed by atoms with Gasteiger partial charge in [0, 0.05) is 31.2 Å². The average Bonchev–Trinajstić information content (AvgIpc) is 2.58. The summed E-state index contributed by atoms with van der Waals surface area (Å²) in [6.07, 6.45) is 0. The van der Waals surface area contributed by atoms with E-state index in [1.807, 2.05) is 24.3 Å². The Kier molecular flexibility index (Phi) is 4.98. The van der Waals surface area contributed by atoms with Crippen molar-refractivity contribution in [3.8, 4) is 5.75 Å². The van der Waals surface area contributed by atoms with Crippen LogP contribution in [0.15, 0.2) is 48.5 Å². The third kappa shape index (κ3) is 3.43. The number of piperazine rings is 1. The molecule has 1 aliphatic heterocycles. The molecule has 3 rings (SSSR count). The Morgan fingerprint density at radius 2 is 1.50 bits per heavy atom. The number of halogens is 1. The van der Waals surface area contributed by atoms with Crippen LogP contribution in [0.5, 0.6) is 5.75 Å². The molecule has 0 unspecified atom stereocenters. The van der Waals surface area contributed by atoms with E-state index >= 15 is 0 Å². The fraction of sp³-hybridized carbons (Fsp3) is 0.333. The van der Waals surface area contributed by atoms with Crippen molar-refractivity contribution in [3.63, 3.8) is 0 Å². The van der Waals surface area contributed by atoms with E-state index in [9.17, 15) is 0 Å². The van der Waals surface area contributed by atoms with Gasteiger partial charge in [-0.2, -0.15) is 0 Å². The van der Waals surface area contributed by atoms with Gasteiger partial charge in [-0.05, 0) is 35.4 Å². The molecular weight excluding hydrogens is 296 g/mol. The summed E-state index contributed by atoms with van der Waals surface area (Å²) < 4.78 is 5.27. The molecule has 2 aromatic rings. The lowest BCUT2D eigenvalue weighted by Crippen LogP contribution is -2.45. The zero-order valence-corrected chi connectivity index (χ0v) is 13.5. The average molecular weight is 317 g/mol. The lowest BCUT2D eigenvalue weighted by Gasteiger charge is -2.35. The number of rotatable bonds is 4. The predicted molar refractivity (Wildman–Crippen MR) is 90.7 cm³/mol. The Morgan fingerprint density at radius 3 is 2.05 bits per heavy atom. The van der Waals surface area contributed by atoms with Crippen LogP contribution >= 0.6 is 11.6 Å². The molecule has 22 heavy (non-hydrogen) atoms. The molecule has 1 atom stereocenters. The van der Waals surface area contributed by atoms with Crippen molar-refractivity contribution in [2.75, 3.05) is 33.3 Å². The zero-order chi connectivity index (χ0) is 15.4. The SMILES string of the molecule is COc1ccc([C@@H](c2ccc(Cl)cc2)N2CCNCC2)cc1. The van der Waals surface area contributed by atoms with Crippen LogP contribution in [0.2, 0.25) is 5.02 Å². The first-order valence-electron chi connectivity index (χ1n) is 7.62. The van der Waals surface area contributed by atoms with Gasteiger partial charge >= 0.3 is 0 Å². The van der Waals surface area contributed by atoms with E-state index in [4.69, 9.17) is 16.3 Å². The number of hydrogen-bond acceptors (Lipinski definition) is 3. The van der Waals surface area contributed by atoms with E-state index in [1.165, 1.54) is 11.1 Å². The monoisotopic (exact) mass is 316 g/mol. The highest BCUT2D eigenvalue weighted by atomic mass is 35.5. The van der Waals surface area contributed by atoms with Gasteiger partial charge in [-0.3, -0.25) is 4.90 Å². The maximum Gasteiger partial charge on any atom is 0.118 e. The molecule has 0 amide bonds. The van der Waals surface area contributed by atoms with E-state index in [1.54, 1.807) is 7.11 Å². The van der Waals surface area contributed by atoms with Crippen LogP contribution in [0.1, 0.15) is 17.2 Å². The van der Waals surface area contributed by atoms with Crippen LogP contribution in [0.25, 0.3) is 0 Å². The zero-order valence-electron chi connectivity index (χ0n) is 12.8. The maximum atomic E-state index is 6.05. The largest absolute Gasteiger partial charge is 0.497 e. The summed E-state index contributed by atoms with van der Waals surface area (Å²) in [6, 6.07) is 16.8. The Bertz CT molecular complexity index is 591. The van der Waals surface area contributed by atoms with E-state index in [0.717, 1.165) is 37.0 Å². The van der Waals surface area contributed by atoms with Gasteiger partial charge in [0.2, 0.25) is 0 Å². The van der Waals surface area contributed by atoms with E-state index in [0.29, 0.717) is 0 Å². The molecule has 0 radical (unpaired) electrons. The maximum absolute atomic E-state index is 6.05. The van der Waals surface area contributed by atoms with Crippen LogP contribution < -0.4 is 10.1 Å². The fourth-order valence-corrected chi connectivity index (χ4v) is 3.11. The van der Waals surface area contributed by atoms with Gasteiger partial charge in [-0.15, -0.1) is 0 Å². The molecular formula is C18H21ClN2O. The number of benzene rings is 2. The molecule has 1 fully saturated rings. The molecule has 1 saturated heterocycles. The highest BCUT2D eigenvalue weighted by Crippen LogP contribution is 2.30. The highest BCUT2D eigenvalue weighted by Gasteiger charge is 2.23. The Morgan fingerprint density at radius 1 is 0.955 bits per heavy atom. The van der Waals surface area contributed by atoms with Crippen LogP contribution in [-0.4, -0.2) is 38.2 Å². The predicted octanol–water partition coefficient (Wildman–Crippen LogP) is 3.34. The molecule has 0 bridgehead atoms. The summed E-state index contributed by atoms with van der Waals surface area (Å²) in [5.41, 5.74) is 2.56. The quantitative estimate of drug-likeness (QED) is 0.936. The first-order chi connectivity index (χ1) is 10.8. The molecule has 0 aromatic heterocycles. The molecule has 1 aliphatic rings. The van der Waals surface area contributed by atoms with Crippen molar-refractivity contribution in [3.05, 3.63) is 64.7 Å². The minimum absolute atomic E-state index is 0.255. The molecule has 4 heteroatoms. The molecule has 1 heterocycles. The molecule has 0 saturated carbocycles. The second-order valence-electron chi connectivity index (χ2n) is 5.51. The third-order valence-corrected chi connectivity index (χ3v) is 4.39. The van der Waals surface area contributed by atoms with E-state index < -0.39 is 0 Å². The van der Waals surface area contributed by atoms with Crippen molar-refractivity contribution in [1.82, 2.24) is 10.2 Å². The number of nitrogens with zero attached hydrogens (tertiary/aromatic N) is 1. The van der Waals surface area contributed by atoms with Crippen LogP contribution in [0.3, 0.4) is 0 Å². The second kappa shape index (κ2) is 7.14. The van der Waals surface area contributed by atoms with Crippen molar-refractivity contribution >= 4 is 11.6 Å². The molecule has 116 valence electrons. The van der Waals surface area contributed by atoms with Gasteiger partial charge in [0.25, 0.3) is 0 Å². The van der Waals surface area contributed by atoms with Gasteiger partial charge in [-0.25, -0.2) is 0 Å². The molecule has 0 spiro atoms. The summed E-state index contributed by atoms with van der Waals surface area (Å²) in [5.74, 6) is 0.888. The van der Waals surface area contributed by atoms with Gasteiger partial charge < -0.3 is 10.1 Å². The summed E-state index contributed by atoms with van der Waals surface area (Å²) in [6.45, 7) is 4.14. The molecule has 2 aromatic carbocycles. The van der Waals surface area contributed by atoms with Gasteiger partial charge in [0.05, 0.1) is 13.2 Å². The van der Waals surface area contributed by atoms with Gasteiger partial charge in [0.15, 0.2) is 0 Å². The fourth-order valence-electron chi connectivity index (χ4n) is 2.99. The summed E-state index contributed by atoms with van der Waals surface area (Å²) in [5, 5.41) is 4.19. The van der Waals surface area contributed by atoms with Crippen molar-refractivity contribution in [2.24, 2.45) is 0 Å². The van der Waals surface area contributed by atoms with E-state index in [2.05, 4.69) is 34.5 Å². The van der Waals surface area contributed by atoms with E-state index in [-0.39, 0.29) is 6.04 Å². The normalized spacial score (nSPS) is 17.2. The Hall–Kier alpha value is -1.55. The summed E-state index contributed by atoms with van der Waals surface area (Å²) in [4.78, 5) is 2.52. The Labute approximate surface area is 136 Å². The number of nitrogens with one attached hydrogen (secondary N) is 1. The summed E-state index contributed by atoms with van der Waals surface area (Å²) in [7, 11) is 1.70. The molecule has 1 N–H and O–H groups in total. The van der Waals surface area contributed by atoms with Gasteiger partial charge in [0.1, 0.15) is 5.75 Å². The number of methoxy groups -OCH3 is 1. The smallest absolute Gasteiger partial charge is 0.118 e. The van der Waals surface area contributed by atoms with Gasteiger partial charge in [-0.1, -0.05) is 35.9 Å². The topological polar surface area (TPSA) is 24.5 Å². The third-order valence-electron chi connectivity index (χ3n) is 4.13. The number of ether oxygens (including phenoxy) is 1. The van der Waals surface area contributed by atoms with Crippen molar-refractivity contribution < 1.29 is 4.74 Å². The first-order valence-corrected chi connectivity index (χ1v) is 8.00. The van der Waals surface area contributed by atoms with Crippen molar-refractivity contribution in [1.29, 1.82) is 0 Å². The minimum Gasteiger partial charge on any atom is -0.497 e. The minimum atomic E-state index is 0.255. The van der Waals surface area contributed by atoms with Crippen molar-refractivity contribution in [2.45, 2.75) is 6.04 Å². The number of hydrogen-bond donors (Lipinski definition) is 1. The van der Waals surface area contributed by atoms with Crippen LogP contribution in [0, 0.1) is 0 Å². The van der Waals surface area contributed by atoms with Crippen LogP contribution in [0.4, 0.5) is 0 Å².